The van der Waals surface area contributed by atoms with Crippen LogP contribution < -0.4 is 10.6 Å². The molecule has 2 aromatic heterocycles. The molecule has 1 amide bonds. The monoisotopic (exact) mass is 339 g/mol. The van der Waals surface area contributed by atoms with Gasteiger partial charge in [0, 0.05) is 17.5 Å². The van der Waals surface area contributed by atoms with Gasteiger partial charge in [-0.15, -0.1) is 23.7 Å². The summed E-state index contributed by atoms with van der Waals surface area (Å²) < 4.78 is 0. The van der Waals surface area contributed by atoms with E-state index in [4.69, 9.17) is 0 Å². The van der Waals surface area contributed by atoms with Crippen LogP contribution >= 0.6 is 23.7 Å². The maximum absolute atomic E-state index is 12.1. The second-order valence-corrected chi connectivity index (χ2v) is 5.96. The van der Waals surface area contributed by atoms with Crippen molar-refractivity contribution in [3.63, 3.8) is 0 Å². The molecule has 0 atom stereocenters. The van der Waals surface area contributed by atoms with Crippen LogP contribution in [0.3, 0.4) is 0 Å². The predicted octanol–water partition coefficient (Wildman–Crippen LogP) is 2.38. The van der Waals surface area contributed by atoms with Crippen molar-refractivity contribution in [2.75, 3.05) is 18.4 Å². The van der Waals surface area contributed by atoms with E-state index in [1.807, 2.05) is 12.3 Å². The second-order valence-electron chi connectivity index (χ2n) is 5.10. The summed E-state index contributed by atoms with van der Waals surface area (Å²) in [6.07, 6.45) is 5.41. The van der Waals surface area contributed by atoms with Gasteiger partial charge in [0.1, 0.15) is 5.69 Å². The van der Waals surface area contributed by atoms with Crippen LogP contribution in [-0.4, -0.2) is 33.9 Å². The van der Waals surface area contributed by atoms with Crippen LogP contribution in [0.15, 0.2) is 17.8 Å². The first-order chi connectivity index (χ1) is 10.2. The van der Waals surface area contributed by atoms with Crippen molar-refractivity contribution < 1.29 is 4.79 Å². The van der Waals surface area contributed by atoms with Crippen molar-refractivity contribution >= 4 is 34.8 Å². The van der Waals surface area contributed by atoms with Gasteiger partial charge in [0.15, 0.2) is 5.13 Å². The number of nitrogens with zero attached hydrogens (tertiary/aromatic N) is 3. The van der Waals surface area contributed by atoms with Crippen LogP contribution in [0.2, 0.25) is 0 Å². The maximum atomic E-state index is 12.1. The minimum atomic E-state index is -0.270. The first-order valence-electron chi connectivity index (χ1n) is 6.98. The Labute approximate surface area is 139 Å². The number of anilines is 1. The molecule has 0 aliphatic carbocycles. The highest BCUT2D eigenvalue weighted by Gasteiger charge is 2.18. The topological polar surface area (TPSA) is 79.8 Å². The lowest BCUT2D eigenvalue weighted by Crippen LogP contribution is -2.27. The van der Waals surface area contributed by atoms with E-state index < -0.39 is 0 Å². The van der Waals surface area contributed by atoms with Crippen LogP contribution in [-0.2, 0) is 0 Å². The molecule has 8 heteroatoms. The number of rotatable bonds is 3. The smallest absolute Gasteiger partial charge is 0.277 e. The zero-order valence-electron chi connectivity index (χ0n) is 12.2. The third kappa shape index (κ3) is 4.00. The van der Waals surface area contributed by atoms with Crippen molar-refractivity contribution in [1.29, 1.82) is 0 Å². The van der Waals surface area contributed by atoms with Gasteiger partial charge in [0.05, 0.1) is 17.6 Å². The van der Waals surface area contributed by atoms with Crippen molar-refractivity contribution in [3.05, 3.63) is 34.9 Å². The molecule has 1 aliphatic heterocycles. The Morgan fingerprint density at radius 3 is 2.68 bits per heavy atom. The Morgan fingerprint density at radius 1 is 1.32 bits per heavy atom. The molecule has 0 saturated carbocycles. The van der Waals surface area contributed by atoms with Gasteiger partial charge in [-0.05, 0) is 32.9 Å². The summed E-state index contributed by atoms with van der Waals surface area (Å²) in [5.41, 5.74) is 2.18. The Bertz CT molecular complexity index is 624. The number of carbonyl (C=O) groups is 1. The minimum Gasteiger partial charge on any atom is -0.317 e. The quantitative estimate of drug-likeness (QED) is 0.897. The molecule has 0 unspecified atom stereocenters. The molecular weight excluding hydrogens is 322 g/mol. The zero-order chi connectivity index (χ0) is 14.7. The molecule has 0 spiro atoms. The normalized spacial score (nSPS) is 15.1. The van der Waals surface area contributed by atoms with E-state index in [2.05, 4.69) is 25.6 Å². The molecule has 1 saturated heterocycles. The summed E-state index contributed by atoms with van der Waals surface area (Å²) in [4.78, 5) is 24.9. The molecule has 0 aromatic carbocycles. The fourth-order valence-electron chi connectivity index (χ4n) is 2.36. The predicted molar refractivity (Wildman–Crippen MR) is 88.9 cm³/mol. The van der Waals surface area contributed by atoms with Crippen LogP contribution in [0, 0.1) is 6.92 Å². The first-order valence-corrected chi connectivity index (χ1v) is 7.86. The van der Waals surface area contributed by atoms with Crippen molar-refractivity contribution in [1.82, 2.24) is 20.3 Å². The van der Waals surface area contributed by atoms with Crippen molar-refractivity contribution in [2.24, 2.45) is 0 Å². The van der Waals surface area contributed by atoms with Crippen LogP contribution in [0.5, 0.6) is 0 Å². The highest BCUT2D eigenvalue weighted by molar-refractivity contribution is 7.13. The van der Waals surface area contributed by atoms with Gasteiger partial charge in [-0.2, -0.15) is 0 Å². The molecular formula is C14H18ClN5OS. The summed E-state index contributed by atoms with van der Waals surface area (Å²) in [5, 5.41) is 8.53. The van der Waals surface area contributed by atoms with Gasteiger partial charge in [-0.3, -0.25) is 15.1 Å². The largest absolute Gasteiger partial charge is 0.317 e. The number of carbonyl (C=O) groups excluding carboxylic acids is 1. The molecule has 22 heavy (non-hydrogen) atoms. The van der Waals surface area contributed by atoms with E-state index >= 15 is 0 Å². The van der Waals surface area contributed by atoms with Crippen LogP contribution in [0.1, 0.15) is 40.6 Å². The molecule has 1 fully saturated rings. The molecule has 0 bridgehead atoms. The molecule has 2 N–H and O–H groups in total. The summed E-state index contributed by atoms with van der Waals surface area (Å²) >= 11 is 1.40. The van der Waals surface area contributed by atoms with Gasteiger partial charge < -0.3 is 5.32 Å². The van der Waals surface area contributed by atoms with Gasteiger partial charge in [0.2, 0.25) is 0 Å². The highest BCUT2D eigenvalue weighted by atomic mass is 35.5. The number of piperidine rings is 1. The lowest BCUT2D eigenvalue weighted by molar-refractivity contribution is 0.102. The summed E-state index contributed by atoms with van der Waals surface area (Å²) in [6, 6.07) is 0. The van der Waals surface area contributed by atoms with Crippen LogP contribution in [0.25, 0.3) is 0 Å². The molecule has 118 valence electrons. The maximum Gasteiger partial charge on any atom is 0.277 e. The van der Waals surface area contributed by atoms with Gasteiger partial charge in [-0.1, -0.05) is 0 Å². The number of amides is 1. The Morgan fingerprint density at radius 2 is 2.09 bits per heavy atom. The number of halogens is 1. The number of hydrogen-bond donors (Lipinski definition) is 2. The lowest BCUT2D eigenvalue weighted by atomic mass is 9.95. The van der Waals surface area contributed by atoms with E-state index in [0.717, 1.165) is 37.3 Å². The highest BCUT2D eigenvalue weighted by Crippen LogP contribution is 2.22. The minimum absolute atomic E-state index is 0. The van der Waals surface area contributed by atoms with E-state index in [1.165, 1.54) is 11.3 Å². The Balaban J connectivity index is 0.00000176. The number of thiazole rings is 1. The van der Waals surface area contributed by atoms with E-state index in [-0.39, 0.29) is 18.3 Å². The fourth-order valence-corrected chi connectivity index (χ4v) is 3.04. The SMILES string of the molecule is Cc1csc(NC(=O)c2cnc(C3CCNCC3)cn2)n1.Cl. The van der Waals surface area contributed by atoms with Crippen molar-refractivity contribution in [3.8, 4) is 0 Å². The Kier molecular flexibility index (Phi) is 5.82. The standard InChI is InChI=1S/C14H17N5OS.ClH/c1-9-8-21-14(18-9)19-13(20)12-7-16-11(6-17-12)10-2-4-15-5-3-10;/h6-8,10,15H,2-5H2,1H3,(H,18,19,20);1H. The van der Waals surface area contributed by atoms with E-state index in [1.54, 1.807) is 12.4 Å². The average molecular weight is 340 g/mol. The number of aromatic nitrogens is 3. The molecule has 0 radical (unpaired) electrons. The molecule has 2 aromatic rings. The summed E-state index contributed by atoms with van der Waals surface area (Å²) in [5.74, 6) is 0.172. The lowest BCUT2D eigenvalue weighted by Gasteiger charge is -2.21. The van der Waals surface area contributed by atoms with E-state index in [0.29, 0.717) is 16.7 Å². The molecule has 6 nitrogen and oxygen atoms in total. The van der Waals surface area contributed by atoms with Gasteiger partial charge in [0.25, 0.3) is 5.91 Å². The number of hydrogen-bond acceptors (Lipinski definition) is 6. The van der Waals surface area contributed by atoms with Gasteiger partial charge >= 0.3 is 0 Å². The number of nitrogens with one attached hydrogen (secondary N) is 2. The van der Waals surface area contributed by atoms with Crippen LogP contribution in [0.4, 0.5) is 5.13 Å². The molecule has 3 rings (SSSR count). The van der Waals surface area contributed by atoms with E-state index in [9.17, 15) is 4.79 Å². The average Bonchev–Trinajstić information content (AvgIpc) is 2.93. The molecule has 3 heterocycles. The summed E-state index contributed by atoms with van der Waals surface area (Å²) in [7, 11) is 0. The summed E-state index contributed by atoms with van der Waals surface area (Å²) in [6.45, 7) is 3.91. The fraction of sp³-hybridized carbons (Fsp3) is 0.429. The van der Waals surface area contributed by atoms with Gasteiger partial charge in [-0.25, -0.2) is 9.97 Å². The number of aryl methyl sites for hydroxylation is 1. The second kappa shape index (κ2) is 7.62. The first kappa shape index (κ1) is 16.8. The third-order valence-electron chi connectivity index (χ3n) is 3.50. The Hall–Kier alpha value is -1.57. The molecule has 1 aliphatic rings. The third-order valence-corrected chi connectivity index (χ3v) is 4.38. The zero-order valence-corrected chi connectivity index (χ0v) is 13.8. The van der Waals surface area contributed by atoms with Crippen molar-refractivity contribution in [2.45, 2.75) is 25.7 Å².